The molecule has 1 aromatic heterocycles. The molecule has 0 amide bonds. The largest absolute Gasteiger partial charge is 0.454 e. The Morgan fingerprint density at radius 2 is 2.04 bits per heavy atom. The highest BCUT2D eigenvalue weighted by molar-refractivity contribution is 7.09. The predicted molar refractivity (Wildman–Crippen MR) is 106 cm³/mol. The van der Waals surface area contributed by atoms with Gasteiger partial charge in [-0.25, -0.2) is 4.98 Å². The Labute approximate surface area is 163 Å². The van der Waals surface area contributed by atoms with Crippen LogP contribution in [0.4, 0.5) is 5.13 Å². The first kappa shape index (κ1) is 17.8. The molecule has 3 heterocycles. The number of rotatable bonds is 4. The maximum Gasteiger partial charge on any atom is 0.231 e. The lowest BCUT2D eigenvalue weighted by Gasteiger charge is -2.36. The van der Waals surface area contributed by atoms with Gasteiger partial charge in [0, 0.05) is 57.7 Å². The van der Waals surface area contributed by atoms with Crippen molar-refractivity contribution in [3.8, 4) is 11.5 Å². The minimum absolute atomic E-state index is 0.298. The standard InChI is InChI=1S/C18H24N6O2S/c1-3-16-21-18(27-22-16)24-8-6-23(7-9-24)17(19-2)20-11-13-4-5-14-15(10-13)26-12-25-14/h4-5,10H,3,6-9,11-12H2,1-2H3,(H,19,20). The topological polar surface area (TPSA) is 75.1 Å². The van der Waals surface area contributed by atoms with E-state index in [4.69, 9.17) is 9.47 Å². The number of piperazine rings is 1. The van der Waals surface area contributed by atoms with Crippen molar-refractivity contribution in [2.24, 2.45) is 4.99 Å². The molecule has 8 nitrogen and oxygen atoms in total. The molecule has 2 aliphatic heterocycles. The Morgan fingerprint density at radius 3 is 2.78 bits per heavy atom. The van der Waals surface area contributed by atoms with E-state index in [-0.39, 0.29) is 0 Å². The molecule has 1 N–H and O–H groups in total. The first-order chi connectivity index (χ1) is 13.3. The number of hydrogen-bond donors (Lipinski definition) is 1. The molecule has 27 heavy (non-hydrogen) atoms. The van der Waals surface area contributed by atoms with Gasteiger partial charge in [0.2, 0.25) is 11.9 Å². The second-order valence-electron chi connectivity index (χ2n) is 6.41. The summed E-state index contributed by atoms with van der Waals surface area (Å²) in [6, 6.07) is 6.02. The average Bonchev–Trinajstić information content (AvgIpc) is 3.38. The zero-order chi connectivity index (χ0) is 18.6. The van der Waals surface area contributed by atoms with Crippen LogP contribution in [0.2, 0.25) is 0 Å². The van der Waals surface area contributed by atoms with Crippen molar-refractivity contribution in [3.63, 3.8) is 0 Å². The SMILES string of the molecule is CCc1nsc(N2CCN(C(=NC)NCc3ccc4c(c3)OCO4)CC2)n1. The Kier molecular flexibility index (Phi) is 5.28. The summed E-state index contributed by atoms with van der Waals surface area (Å²) in [5.74, 6) is 3.46. The molecule has 0 aliphatic carbocycles. The summed E-state index contributed by atoms with van der Waals surface area (Å²) < 4.78 is 15.2. The number of benzene rings is 1. The van der Waals surface area contributed by atoms with Crippen molar-refractivity contribution >= 4 is 22.6 Å². The molecule has 1 saturated heterocycles. The highest BCUT2D eigenvalue weighted by atomic mass is 32.1. The number of guanidine groups is 1. The summed E-state index contributed by atoms with van der Waals surface area (Å²) in [7, 11) is 1.83. The third kappa shape index (κ3) is 3.92. The molecule has 144 valence electrons. The monoisotopic (exact) mass is 388 g/mol. The molecular formula is C18H24N6O2S. The zero-order valence-electron chi connectivity index (χ0n) is 15.6. The number of ether oxygens (including phenoxy) is 2. The molecule has 1 aromatic carbocycles. The molecule has 4 rings (SSSR count). The normalized spacial score (nSPS) is 16.7. The lowest BCUT2D eigenvalue weighted by Crippen LogP contribution is -2.52. The molecule has 0 saturated carbocycles. The maximum absolute atomic E-state index is 5.45. The van der Waals surface area contributed by atoms with Gasteiger partial charge in [-0.1, -0.05) is 13.0 Å². The molecule has 9 heteroatoms. The smallest absolute Gasteiger partial charge is 0.231 e. The Bertz CT molecular complexity index is 816. The van der Waals surface area contributed by atoms with Gasteiger partial charge in [-0.15, -0.1) is 0 Å². The van der Waals surface area contributed by atoms with Crippen LogP contribution in [0.3, 0.4) is 0 Å². The van der Waals surface area contributed by atoms with Crippen LogP contribution >= 0.6 is 11.5 Å². The molecule has 0 unspecified atom stereocenters. The first-order valence-corrected chi connectivity index (χ1v) is 9.96. The lowest BCUT2D eigenvalue weighted by molar-refractivity contribution is 0.174. The minimum Gasteiger partial charge on any atom is -0.454 e. The fourth-order valence-electron chi connectivity index (χ4n) is 3.19. The number of aryl methyl sites for hydroxylation is 1. The van der Waals surface area contributed by atoms with Crippen LogP contribution in [0.5, 0.6) is 11.5 Å². The van der Waals surface area contributed by atoms with Gasteiger partial charge in [-0.2, -0.15) is 4.37 Å². The summed E-state index contributed by atoms with van der Waals surface area (Å²) in [5, 5.41) is 4.47. The van der Waals surface area contributed by atoms with E-state index in [1.807, 2.05) is 25.2 Å². The van der Waals surface area contributed by atoms with Crippen molar-refractivity contribution in [3.05, 3.63) is 29.6 Å². The van der Waals surface area contributed by atoms with E-state index in [2.05, 4.69) is 36.4 Å². The molecule has 1 fully saturated rings. The predicted octanol–water partition coefficient (Wildman–Crippen LogP) is 1.73. The third-order valence-corrected chi connectivity index (χ3v) is 5.54. The number of aliphatic imine (C=N–C) groups is 1. The van der Waals surface area contributed by atoms with Gasteiger partial charge in [-0.05, 0) is 17.7 Å². The summed E-state index contributed by atoms with van der Waals surface area (Å²) >= 11 is 1.49. The third-order valence-electron chi connectivity index (χ3n) is 4.72. The van der Waals surface area contributed by atoms with Crippen molar-refractivity contribution in [1.82, 2.24) is 19.6 Å². The van der Waals surface area contributed by atoms with Crippen molar-refractivity contribution < 1.29 is 9.47 Å². The summed E-state index contributed by atoms with van der Waals surface area (Å²) in [6.45, 7) is 6.72. The van der Waals surface area contributed by atoms with Crippen LogP contribution in [-0.2, 0) is 13.0 Å². The van der Waals surface area contributed by atoms with Crippen LogP contribution in [0.15, 0.2) is 23.2 Å². The average molecular weight is 388 g/mol. The van der Waals surface area contributed by atoms with E-state index in [0.717, 1.165) is 66.6 Å². The number of fused-ring (bicyclic) bond motifs is 1. The van der Waals surface area contributed by atoms with Crippen molar-refractivity contribution in [2.75, 3.05) is 44.9 Å². The van der Waals surface area contributed by atoms with Gasteiger partial charge in [0.1, 0.15) is 5.82 Å². The Hall–Kier alpha value is -2.55. The molecule has 0 bridgehead atoms. The molecule has 2 aliphatic rings. The van der Waals surface area contributed by atoms with Gasteiger partial charge in [0.15, 0.2) is 17.5 Å². The lowest BCUT2D eigenvalue weighted by atomic mass is 10.2. The minimum atomic E-state index is 0.298. The molecule has 0 atom stereocenters. The zero-order valence-corrected chi connectivity index (χ0v) is 16.5. The molecular weight excluding hydrogens is 364 g/mol. The Balaban J connectivity index is 1.31. The van der Waals surface area contributed by atoms with E-state index in [9.17, 15) is 0 Å². The van der Waals surface area contributed by atoms with Gasteiger partial charge >= 0.3 is 0 Å². The number of nitrogens with zero attached hydrogens (tertiary/aromatic N) is 5. The van der Waals surface area contributed by atoms with Gasteiger partial charge in [0.25, 0.3) is 0 Å². The quantitative estimate of drug-likeness (QED) is 0.631. The fraction of sp³-hybridized carbons (Fsp3) is 0.500. The van der Waals surface area contributed by atoms with Gasteiger partial charge < -0.3 is 24.6 Å². The number of nitrogens with one attached hydrogen (secondary N) is 1. The highest BCUT2D eigenvalue weighted by Crippen LogP contribution is 2.32. The summed E-state index contributed by atoms with van der Waals surface area (Å²) in [5.41, 5.74) is 1.14. The molecule has 0 radical (unpaired) electrons. The van der Waals surface area contributed by atoms with Crippen molar-refractivity contribution in [1.29, 1.82) is 0 Å². The second-order valence-corrected chi connectivity index (χ2v) is 7.14. The van der Waals surface area contributed by atoms with E-state index >= 15 is 0 Å². The highest BCUT2D eigenvalue weighted by Gasteiger charge is 2.22. The van der Waals surface area contributed by atoms with E-state index in [1.54, 1.807) is 0 Å². The molecule has 0 spiro atoms. The fourth-order valence-corrected chi connectivity index (χ4v) is 3.99. The maximum atomic E-state index is 5.45. The van der Waals surface area contributed by atoms with Crippen LogP contribution in [0.1, 0.15) is 18.3 Å². The van der Waals surface area contributed by atoms with Crippen LogP contribution in [0.25, 0.3) is 0 Å². The Morgan fingerprint density at radius 1 is 1.22 bits per heavy atom. The number of hydrogen-bond acceptors (Lipinski definition) is 7. The van der Waals surface area contributed by atoms with Gasteiger partial charge in [0.05, 0.1) is 0 Å². The first-order valence-electron chi connectivity index (χ1n) is 9.18. The van der Waals surface area contributed by atoms with Crippen LogP contribution in [-0.4, -0.2) is 60.2 Å². The molecule has 2 aromatic rings. The van der Waals surface area contributed by atoms with Gasteiger partial charge in [-0.3, -0.25) is 4.99 Å². The summed E-state index contributed by atoms with van der Waals surface area (Å²) in [4.78, 5) is 13.6. The summed E-state index contributed by atoms with van der Waals surface area (Å²) in [6.07, 6.45) is 0.882. The number of aromatic nitrogens is 2. The van der Waals surface area contributed by atoms with Crippen LogP contribution in [0, 0.1) is 0 Å². The van der Waals surface area contributed by atoms with Crippen LogP contribution < -0.4 is 19.7 Å². The van der Waals surface area contributed by atoms with Crippen molar-refractivity contribution in [2.45, 2.75) is 19.9 Å². The number of anilines is 1. The van der Waals surface area contributed by atoms with E-state index < -0.39 is 0 Å². The van der Waals surface area contributed by atoms with E-state index in [0.29, 0.717) is 13.3 Å². The van der Waals surface area contributed by atoms with E-state index in [1.165, 1.54) is 11.5 Å². The second kappa shape index (κ2) is 7.99.